The van der Waals surface area contributed by atoms with Gasteiger partial charge in [0.1, 0.15) is 0 Å². The van der Waals surface area contributed by atoms with Crippen molar-refractivity contribution in [1.82, 2.24) is 5.43 Å². The number of carbonyl (C=O) groups excluding carboxylic acids is 1. The quantitative estimate of drug-likeness (QED) is 0.658. The van der Waals surface area contributed by atoms with Crippen LogP contribution < -0.4 is 5.43 Å². The van der Waals surface area contributed by atoms with Crippen LogP contribution in [0.2, 0.25) is 15.1 Å². The third kappa shape index (κ3) is 3.73. The minimum Gasteiger partial charge on any atom is -0.267 e. The Kier molecular flexibility index (Phi) is 5.01. The van der Waals surface area contributed by atoms with Gasteiger partial charge in [-0.3, -0.25) is 4.79 Å². The number of nitrogens with zero attached hydrogens (tertiary/aromatic N) is 1. The Morgan fingerprint density at radius 2 is 1.85 bits per heavy atom. The lowest BCUT2D eigenvalue weighted by atomic mass is 10.2. The van der Waals surface area contributed by atoms with Gasteiger partial charge in [0, 0.05) is 16.1 Å². The maximum absolute atomic E-state index is 11.8. The number of hydrazone groups is 1. The molecule has 1 N–H and O–H groups in total. The number of hydrogen-bond acceptors (Lipinski definition) is 2. The van der Waals surface area contributed by atoms with Crippen molar-refractivity contribution < 1.29 is 4.79 Å². The number of amides is 1. The number of halogens is 3. The summed E-state index contributed by atoms with van der Waals surface area (Å²) in [7, 11) is 0. The van der Waals surface area contributed by atoms with Gasteiger partial charge in [0.05, 0.1) is 16.3 Å². The van der Waals surface area contributed by atoms with Gasteiger partial charge in [-0.25, -0.2) is 5.43 Å². The third-order valence-corrected chi connectivity index (χ3v) is 3.51. The van der Waals surface area contributed by atoms with Gasteiger partial charge in [0.25, 0.3) is 5.91 Å². The molecule has 0 fully saturated rings. The van der Waals surface area contributed by atoms with Crippen LogP contribution in [-0.2, 0) is 0 Å². The van der Waals surface area contributed by atoms with E-state index in [0.29, 0.717) is 26.2 Å². The van der Waals surface area contributed by atoms with E-state index in [1.54, 1.807) is 42.5 Å². The number of nitrogens with one attached hydrogen (secondary N) is 1. The number of benzene rings is 2. The summed E-state index contributed by atoms with van der Waals surface area (Å²) in [4.78, 5) is 11.8. The van der Waals surface area contributed by atoms with Gasteiger partial charge < -0.3 is 0 Å². The Bertz CT molecular complexity index is 671. The predicted octanol–water partition coefficient (Wildman–Crippen LogP) is 4.41. The molecule has 1 amide bonds. The highest BCUT2D eigenvalue weighted by Crippen LogP contribution is 2.24. The van der Waals surface area contributed by atoms with Crippen LogP contribution in [0, 0.1) is 0 Å². The summed E-state index contributed by atoms with van der Waals surface area (Å²) in [5.41, 5.74) is 3.43. The maximum Gasteiger partial charge on any atom is 0.271 e. The summed E-state index contributed by atoms with van der Waals surface area (Å²) in [5, 5.41) is 5.14. The Morgan fingerprint density at radius 3 is 2.60 bits per heavy atom. The molecule has 0 unspecified atom stereocenters. The third-order valence-electron chi connectivity index (χ3n) is 2.44. The number of hydrogen-bond donors (Lipinski definition) is 1. The lowest BCUT2D eigenvalue weighted by Crippen LogP contribution is -2.17. The summed E-state index contributed by atoms with van der Waals surface area (Å²) in [6, 6.07) is 11.7. The second kappa shape index (κ2) is 6.75. The van der Waals surface area contributed by atoms with Crippen LogP contribution in [0.1, 0.15) is 15.9 Å². The number of carbonyl (C=O) groups is 1. The van der Waals surface area contributed by atoms with E-state index in [-0.39, 0.29) is 5.91 Å². The average molecular weight is 328 g/mol. The summed E-state index contributed by atoms with van der Waals surface area (Å²) in [6.07, 6.45) is 1.43. The van der Waals surface area contributed by atoms with Crippen molar-refractivity contribution in [3.63, 3.8) is 0 Å². The molecule has 0 aliphatic heterocycles. The maximum atomic E-state index is 11.8. The Morgan fingerprint density at radius 1 is 1.10 bits per heavy atom. The summed E-state index contributed by atoms with van der Waals surface area (Å²) >= 11 is 17.7. The second-order valence-electron chi connectivity index (χ2n) is 3.85. The lowest BCUT2D eigenvalue weighted by molar-refractivity contribution is 0.0955. The Hall–Kier alpha value is -1.55. The highest BCUT2D eigenvalue weighted by Gasteiger charge is 2.05. The van der Waals surface area contributed by atoms with Crippen LogP contribution >= 0.6 is 34.8 Å². The monoisotopic (exact) mass is 326 g/mol. The highest BCUT2D eigenvalue weighted by atomic mass is 35.5. The molecular formula is C14H9Cl3N2O. The van der Waals surface area contributed by atoms with Gasteiger partial charge in [0.2, 0.25) is 0 Å². The molecular weight excluding hydrogens is 319 g/mol. The molecule has 0 saturated carbocycles. The molecule has 2 rings (SSSR count). The molecule has 0 spiro atoms. The smallest absolute Gasteiger partial charge is 0.267 e. The molecule has 2 aromatic rings. The van der Waals surface area contributed by atoms with E-state index < -0.39 is 0 Å². The van der Waals surface area contributed by atoms with E-state index in [1.165, 1.54) is 6.21 Å². The fourth-order valence-electron chi connectivity index (χ4n) is 1.47. The van der Waals surface area contributed by atoms with Crippen LogP contribution in [0.5, 0.6) is 0 Å². The zero-order chi connectivity index (χ0) is 14.5. The van der Waals surface area contributed by atoms with Gasteiger partial charge in [0.15, 0.2) is 0 Å². The van der Waals surface area contributed by atoms with Crippen molar-refractivity contribution in [1.29, 1.82) is 0 Å². The standard InChI is InChI=1S/C14H9Cl3N2O/c15-11-5-1-3-9(7-11)14(20)19-18-8-10-4-2-6-12(16)13(10)17/h1-8H,(H,19,20)/b18-8+. The molecule has 0 aliphatic rings. The largest absolute Gasteiger partial charge is 0.271 e. The van der Waals surface area contributed by atoms with Gasteiger partial charge in [-0.2, -0.15) is 5.10 Å². The molecule has 0 aromatic heterocycles. The average Bonchev–Trinajstić information content (AvgIpc) is 2.43. The molecule has 3 nitrogen and oxygen atoms in total. The van der Waals surface area contributed by atoms with Gasteiger partial charge >= 0.3 is 0 Å². The van der Waals surface area contributed by atoms with Gasteiger partial charge in [-0.05, 0) is 24.3 Å². The van der Waals surface area contributed by atoms with Crippen molar-refractivity contribution >= 4 is 46.9 Å². The summed E-state index contributed by atoms with van der Waals surface area (Å²) in [5.74, 6) is -0.359. The van der Waals surface area contributed by atoms with E-state index in [4.69, 9.17) is 34.8 Å². The van der Waals surface area contributed by atoms with Crippen LogP contribution in [0.3, 0.4) is 0 Å². The molecule has 0 heterocycles. The highest BCUT2D eigenvalue weighted by molar-refractivity contribution is 6.43. The van der Waals surface area contributed by atoms with Crippen molar-refractivity contribution in [2.75, 3.05) is 0 Å². The van der Waals surface area contributed by atoms with E-state index in [0.717, 1.165) is 0 Å². The number of rotatable bonds is 3. The zero-order valence-corrected chi connectivity index (χ0v) is 12.4. The Labute approximate surface area is 131 Å². The second-order valence-corrected chi connectivity index (χ2v) is 5.07. The molecule has 0 aliphatic carbocycles. The van der Waals surface area contributed by atoms with Crippen molar-refractivity contribution in [2.45, 2.75) is 0 Å². The molecule has 20 heavy (non-hydrogen) atoms. The van der Waals surface area contributed by atoms with Crippen LogP contribution in [-0.4, -0.2) is 12.1 Å². The topological polar surface area (TPSA) is 41.5 Å². The van der Waals surface area contributed by atoms with E-state index in [1.807, 2.05) is 0 Å². The summed E-state index contributed by atoms with van der Waals surface area (Å²) < 4.78 is 0. The fourth-order valence-corrected chi connectivity index (χ4v) is 2.02. The first-order chi connectivity index (χ1) is 9.58. The normalized spacial score (nSPS) is 10.8. The van der Waals surface area contributed by atoms with E-state index in [2.05, 4.69) is 10.5 Å². The fraction of sp³-hybridized carbons (Fsp3) is 0. The van der Waals surface area contributed by atoms with Crippen molar-refractivity contribution in [3.8, 4) is 0 Å². The molecule has 6 heteroatoms. The van der Waals surface area contributed by atoms with Crippen LogP contribution in [0.25, 0.3) is 0 Å². The molecule has 2 aromatic carbocycles. The molecule has 0 saturated heterocycles. The van der Waals surface area contributed by atoms with Crippen LogP contribution in [0.15, 0.2) is 47.6 Å². The first kappa shape index (κ1) is 14.9. The SMILES string of the molecule is O=C(N/N=C/c1cccc(Cl)c1Cl)c1cccc(Cl)c1. The van der Waals surface area contributed by atoms with Crippen LogP contribution in [0.4, 0.5) is 0 Å². The molecule has 0 bridgehead atoms. The molecule has 102 valence electrons. The minimum absolute atomic E-state index is 0.359. The van der Waals surface area contributed by atoms with Gasteiger partial charge in [-0.1, -0.05) is 53.0 Å². The van der Waals surface area contributed by atoms with Crippen molar-refractivity contribution in [2.24, 2.45) is 5.10 Å². The molecule has 0 radical (unpaired) electrons. The summed E-state index contributed by atoms with van der Waals surface area (Å²) in [6.45, 7) is 0. The zero-order valence-electron chi connectivity index (χ0n) is 10.1. The molecule has 0 atom stereocenters. The van der Waals surface area contributed by atoms with Gasteiger partial charge in [-0.15, -0.1) is 0 Å². The predicted molar refractivity (Wildman–Crippen MR) is 83.0 cm³/mol. The van der Waals surface area contributed by atoms with Crippen molar-refractivity contribution in [3.05, 3.63) is 68.7 Å². The first-order valence-corrected chi connectivity index (χ1v) is 6.74. The minimum atomic E-state index is -0.359. The lowest BCUT2D eigenvalue weighted by Gasteiger charge is -2.01. The Balaban J connectivity index is 2.07. The van der Waals surface area contributed by atoms with E-state index in [9.17, 15) is 4.79 Å². The van der Waals surface area contributed by atoms with E-state index >= 15 is 0 Å². The first-order valence-electron chi connectivity index (χ1n) is 5.61.